The van der Waals surface area contributed by atoms with Crippen LogP contribution < -0.4 is 4.90 Å². The van der Waals surface area contributed by atoms with Crippen molar-refractivity contribution < 1.29 is 9.59 Å². The molecule has 0 atom stereocenters. The molecule has 2 aromatic carbocycles. The fraction of sp³-hybridized carbons (Fsp3) is 0.300. The molecule has 0 radical (unpaired) electrons. The van der Waals surface area contributed by atoms with Crippen LogP contribution in [0.25, 0.3) is 0 Å². The molecule has 5 nitrogen and oxygen atoms in total. The van der Waals surface area contributed by atoms with Crippen LogP contribution in [0.1, 0.15) is 6.42 Å². The number of nitrogens with zero attached hydrogens (tertiary/aromatic N) is 3. The third-order valence-electron chi connectivity index (χ3n) is 4.82. The minimum atomic E-state index is 0.00895. The number of para-hydroxylation sites is 2. The lowest BCUT2D eigenvalue weighted by Crippen LogP contribution is -2.52. The molecule has 1 saturated heterocycles. The summed E-state index contributed by atoms with van der Waals surface area (Å²) in [6.07, 6.45) is 0.816. The smallest absolute Gasteiger partial charge is 0.242 e. The molecule has 0 aliphatic carbocycles. The Morgan fingerprint density at radius 2 is 1.46 bits per heavy atom. The van der Waals surface area contributed by atoms with E-state index in [9.17, 15) is 9.59 Å². The normalized spacial score (nSPS) is 16.6. The van der Waals surface area contributed by atoms with Gasteiger partial charge in [0.15, 0.2) is 0 Å². The topological polar surface area (TPSA) is 43.9 Å². The summed E-state index contributed by atoms with van der Waals surface area (Å²) in [6.45, 7) is 1.79. The van der Waals surface area contributed by atoms with Gasteiger partial charge in [0, 0.05) is 29.9 Å². The summed E-state index contributed by atoms with van der Waals surface area (Å²) in [7, 11) is 1.68. The van der Waals surface area contributed by atoms with Crippen molar-refractivity contribution in [1.29, 1.82) is 0 Å². The Labute approximate surface area is 157 Å². The molecule has 0 aromatic heterocycles. The fourth-order valence-corrected chi connectivity index (χ4v) is 4.50. The molecular weight excluding hydrogens is 346 g/mol. The quantitative estimate of drug-likeness (QED) is 0.833. The van der Waals surface area contributed by atoms with E-state index < -0.39 is 0 Å². The van der Waals surface area contributed by atoms with E-state index in [2.05, 4.69) is 53.4 Å². The molecule has 134 valence electrons. The number of carbonyl (C=O) groups excluding carboxylic acids is 2. The molecule has 0 N–H and O–H groups in total. The second kappa shape index (κ2) is 7.03. The van der Waals surface area contributed by atoms with Crippen LogP contribution in [-0.4, -0.2) is 54.8 Å². The van der Waals surface area contributed by atoms with Crippen LogP contribution in [0.2, 0.25) is 0 Å². The average molecular weight is 367 g/mol. The van der Waals surface area contributed by atoms with E-state index in [-0.39, 0.29) is 24.9 Å². The summed E-state index contributed by atoms with van der Waals surface area (Å²) in [5, 5.41) is 0. The molecule has 0 bridgehead atoms. The monoisotopic (exact) mass is 367 g/mol. The maximum Gasteiger partial charge on any atom is 0.242 e. The first-order chi connectivity index (χ1) is 12.6. The van der Waals surface area contributed by atoms with Crippen LogP contribution >= 0.6 is 11.8 Å². The first-order valence-corrected chi connectivity index (χ1v) is 9.60. The Balaban J connectivity index is 1.48. The van der Waals surface area contributed by atoms with Crippen LogP contribution in [0.4, 0.5) is 11.4 Å². The second-order valence-electron chi connectivity index (χ2n) is 6.61. The Kier molecular flexibility index (Phi) is 4.59. The van der Waals surface area contributed by atoms with Gasteiger partial charge >= 0.3 is 0 Å². The van der Waals surface area contributed by atoms with Crippen LogP contribution in [0, 0.1) is 0 Å². The van der Waals surface area contributed by atoms with E-state index in [1.54, 1.807) is 23.7 Å². The van der Waals surface area contributed by atoms with Crippen molar-refractivity contribution in [2.24, 2.45) is 0 Å². The molecule has 2 aromatic rings. The van der Waals surface area contributed by atoms with E-state index in [1.807, 2.05) is 0 Å². The average Bonchev–Trinajstić information content (AvgIpc) is 2.65. The van der Waals surface area contributed by atoms with Crippen molar-refractivity contribution in [2.45, 2.75) is 16.2 Å². The minimum absolute atomic E-state index is 0.00895. The maximum atomic E-state index is 12.1. The Morgan fingerprint density at radius 3 is 2.12 bits per heavy atom. The molecule has 0 unspecified atom stereocenters. The molecule has 4 rings (SSSR count). The van der Waals surface area contributed by atoms with Gasteiger partial charge in [0.05, 0.1) is 24.5 Å². The van der Waals surface area contributed by atoms with E-state index in [4.69, 9.17) is 0 Å². The highest BCUT2D eigenvalue weighted by Gasteiger charge is 2.28. The highest BCUT2D eigenvalue weighted by Crippen LogP contribution is 2.47. The van der Waals surface area contributed by atoms with Crippen molar-refractivity contribution in [3.63, 3.8) is 0 Å². The number of fused-ring (bicyclic) bond motifs is 2. The van der Waals surface area contributed by atoms with Crippen molar-refractivity contribution in [2.75, 3.05) is 38.1 Å². The molecule has 0 saturated carbocycles. The lowest BCUT2D eigenvalue weighted by atomic mass is 10.2. The molecule has 2 heterocycles. The van der Waals surface area contributed by atoms with E-state index in [0.29, 0.717) is 6.54 Å². The van der Waals surface area contributed by atoms with Crippen LogP contribution in [0.15, 0.2) is 58.3 Å². The molecule has 0 spiro atoms. The number of likely N-dealkylation sites (N-methyl/N-ethyl adjacent to an activating group) is 1. The van der Waals surface area contributed by atoms with Gasteiger partial charge in [0.25, 0.3) is 0 Å². The predicted octanol–water partition coefficient (Wildman–Crippen LogP) is 2.98. The van der Waals surface area contributed by atoms with Gasteiger partial charge in [-0.2, -0.15) is 0 Å². The number of piperazine rings is 1. The standard InChI is InChI=1S/C20H21N3O2S/c1-21-13-20(25)22(14-19(21)24)11-6-12-23-15-7-2-4-9-17(15)26-18-10-5-3-8-16(18)23/h2-5,7-10H,6,11-14H2,1H3. The maximum absolute atomic E-state index is 12.1. The number of rotatable bonds is 4. The van der Waals surface area contributed by atoms with E-state index >= 15 is 0 Å². The van der Waals surface area contributed by atoms with Gasteiger partial charge in [-0.25, -0.2) is 0 Å². The molecule has 2 amide bonds. The second-order valence-corrected chi connectivity index (χ2v) is 7.69. The van der Waals surface area contributed by atoms with E-state index in [0.717, 1.165) is 13.0 Å². The fourth-order valence-electron chi connectivity index (χ4n) is 3.41. The number of anilines is 2. The third-order valence-corrected chi connectivity index (χ3v) is 5.95. The Morgan fingerprint density at radius 1 is 0.846 bits per heavy atom. The first kappa shape index (κ1) is 17.0. The van der Waals surface area contributed by atoms with Gasteiger partial charge in [0.1, 0.15) is 0 Å². The Bertz CT molecular complexity index is 809. The molecule has 6 heteroatoms. The largest absolute Gasteiger partial charge is 0.340 e. The van der Waals surface area contributed by atoms with Crippen molar-refractivity contribution in [3.8, 4) is 0 Å². The summed E-state index contributed by atoms with van der Waals surface area (Å²) in [6, 6.07) is 16.8. The van der Waals surface area contributed by atoms with Gasteiger partial charge in [-0.1, -0.05) is 36.0 Å². The number of hydrogen-bond acceptors (Lipinski definition) is 4. The number of amides is 2. The molecule has 1 fully saturated rings. The molecular formula is C20H21N3O2S. The Hall–Kier alpha value is -2.47. The summed E-state index contributed by atoms with van der Waals surface area (Å²) < 4.78 is 0. The number of hydrogen-bond donors (Lipinski definition) is 0. The van der Waals surface area contributed by atoms with E-state index in [1.165, 1.54) is 26.1 Å². The van der Waals surface area contributed by atoms with Crippen LogP contribution in [0.3, 0.4) is 0 Å². The van der Waals surface area contributed by atoms with Gasteiger partial charge < -0.3 is 14.7 Å². The zero-order chi connectivity index (χ0) is 18.1. The van der Waals surface area contributed by atoms with Crippen molar-refractivity contribution in [1.82, 2.24) is 9.80 Å². The SMILES string of the molecule is CN1CC(=O)N(CCCN2c3ccccc3Sc3ccccc32)CC1=O. The summed E-state index contributed by atoms with van der Waals surface area (Å²) in [5.41, 5.74) is 2.41. The molecule has 26 heavy (non-hydrogen) atoms. The zero-order valence-corrected chi connectivity index (χ0v) is 15.5. The van der Waals surface area contributed by atoms with Crippen molar-refractivity contribution in [3.05, 3.63) is 48.5 Å². The summed E-state index contributed by atoms with van der Waals surface area (Å²) in [5.74, 6) is 0.0387. The minimum Gasteiger partial charge on any atom is -0.340 e. The summed E-state index contributed by atoms with van der Waals surface area (Å²) >= 11 is 1.79. The first-order valence-electron chi connectivity index (χ1n) is 8.78. The third kappa shape index (κ3) is 3.17. The molecule has 2 aliphatic rings. The highest BCUT2D eigenvalue weighted by atomic mass is 32.2. The summed E-state index contributed by atoms with van der Waals surface area (Å²) in [4.78, 5) is 32.0. The number of carbonyl (C=O) groups is 2. The van der Waals surface area contributed by atoms with Crippen molar-refractivity contribution >= 4 is 35.0 Å². The number of benzene rings is 2. The van der Waals surface area contributed by atoms with Gasteiger partial charge in [-0.15, -0.1) is 0 Å². The van der Waals surface area contributed by atoms with Crippen LogP contribution in [0.5, 0.6) is 0 Å². The zero-order valence-electron chi connectivity index (χ0n) is 14.7. The van der Waals surface area contributed by atoms with Crippen LogP contribution in [-0.2, 0) is 9.59 Å². The highest BCUT2D eigenvalue weighted by molar-refractivity contribution is 7.99. The predicted molar refractivity (Wildman–Crippen MR) is 103 cm³/mol. The van der Waals surface area contributed by atoms with Gasteiger partial charge in [-0.05, 0) is 30.7 Å². The van der Waals surface area contributed by atoms with Gasteiger partial charge in [-0.3, -0.25) is 9.59 Å². The lowest BCUT2D eigenvalue weighted by molar-refractivity contribution is -0.148. The lowest BCUT2D eigenvalue weighted by Gasteiger charge is -2.35. The van der Waals surface area contributed by atoms with Gasteiger partial charge in [0.2, 0.25) is 11.8 Å². The molecule has 2 aliphatic heterocycles.